The van der Waals surface area contributed by atoms with Crippen LogP contribution < -0.4 is 5.32 Å². The van der Waals surface area contributed by atoms with Crippen molar-refractivity contribution < 1.29 is 9.90 Å². The molecule has 1 saturated carbocycles. The van der Waals surface area contributed by atoms with Crippen molar-refractivity contribution >= 4 is 11.6 Å². The lowest BCUT2D eigenvalue weighted by atomic mass is 9.74. The molecule has 1 amide bonds. The molecule has 0 spiro atoms. The molecule has 3 heteroatoms. The van der Waals surface area contributed by atoms with Gasteiger partial charge in [0.25, 0.3) is 5.91 Å². The topological polar surface area (TPSA) is 49.3 Å². The second-order valence-electron chi connectivity index (χ2n) is 5.10. The van der Waals surface area contributed by atoms with E-state index in [1.54, 1.807) is 0 Å². The van der Waals surface area contributed by atoms with Crippen LogP contribution in [0.3, 0.4) is 0 Å². The number of carbonyl (C=O) groups excluding carboxylic acids is 1. The van der Waals surface area contributed by atoms with Crippen LogP contribution >= 0.6 is 0 Å². The van der Waals surface area contributed by atoms with Crippen LogP contribution in [0.4, 0.5) is 5.69 Å². The SMILES string of the molecule is O=C1Nc2ccccc2C1(O)C1CCCCC1. The van der Waals surface area contributed by atoms with Crippen LogP contribution in [0, 0.1) is 5.92 Å². The van der Waals surface area contributed by atoms with E-state index in [0.717, 1.165) is 36.9 Å². The van der Waals surface area contributed by atoms with Gasteiger partial charge in [-0.25, -0.2) is 0 Å². The van der Waals surface area contributed by atoms with Crippen molar-refractivity contribution in [1.82, 2.24) is 0 Å². The van der Waals surface area contributed by atoms with Crippen LogP contribution in [0.5, 0.6) is 0 Å². The van der Waals surface area contributed by atoms with Crippen LogP contribution in [0.15, 0.2) is 24.3 Å². The molecule has 1 aliphatic heterocycles. The van der Waals surface area contributed by atoms with Crippen LogP contribution in [-0.4, -0.2) is 11.0 Å². The first kappa shape index (κ1) is 10.8. The van der Waals surface area contributed by atoms with Crippen molar-refractivity contribution in [2.24, 2.45) is 5.92 Å². The van der Waals surface area contributed by atoms with E-state index in [1.807, 2.05) is 24.3 Å². The van der Waals surface area contributed by atoms with Gasteiger partial charge in [-0.1, -0.05) is 37.5 Å². The van der Waals surface area contributed by atoms with Gasteiger partial charge in [-0.15, -0.1) is 0 Å². The fraction of sp³-hybridized carbons (Fsp3) is 0.500. The highest BCUT2D eigenvalue weighted by molar-refractivity contribution is 6.05. The molecule has 1 aromatic rings. The Balaban J connectivity index is 2.03. The zero-order chi connectivity index (χ0) is 11.9. The van der Waals surface area contributed by atoms with Gasteiger partial charge in [0.1, 0.15) is 0 Å². The third-order valence-corrected chi connectivity index (χ3v) is 4.13. The fourth-order valence-electron chi connectivity index (χ4n) is 3.19. The highest BCUT2D eigenvalue weighted by atomic mass is 16.3. The molecule has 2 N–H and O–H groups in total. The van der Waals surface area contributed by atoms with Gasteiger partial charge < -0.3 is 10.4 Å². The Morgan fingerprint density at radius 1 is 1.18 bits per heavy atom. The molecule has 1 atom stereocenters. The lowest BCUT2D eigenvalue weighted by Crippen LogP contribution is -2.42. The van der Waals surface area contributed by atoms with Crippen molar-refractivity contribution in [2.45, 2.75) is 37.7 Å². The first-order chi connectivity index (χ1) is 8.23. The van der Waals surface area contributed by atoms with Crippen LogP contribution in [0.25, 0.3) is 0 Å². The highest BCUT2D eigenvalue weighted by Crippen LogP contribution is 2.45. The number of amides is 1. The number of aliphatic hydroxyl groups is 1. The summed E-state index contributed by atoms with van der Waals surface area (Å²) in [7, 11) is 0. The number of anilines is 1. The number of benzene rings is 1. The van der Waals surface area contributed by atoms with E-state index < -0.39 is 5.60 Å². The normalized spacial score (nSPS) is 28.9. The molecule has 17 heavy (non-hydrogen) atoms. The molecule has 1 aliphatic carbocycles. The smallest absolute Gasteiger partial charge is 0.261 e. The Bertz CT molecular complexity index is 451. The van der Waals surface area contributed by atoms with Crippen LogP contribution in [0.2, 0.25) is 0 Å². The summed E-state index contributed by atoms with van der Waals surface area (Å²) >= 11 is 0. The maximum Gasteiger partial charge on any atom is 0.261 e. The van der Waals surface area contributed by atoms with Gasteiger partial charge in [0.05, 0.1) is 0 Å². The highest BCUT2D eigenvalue weighted by Gasteiger charge is 2.50. The molecule has 3 nitrogen and oxygen atoms in total. The number of hydrogen-bond donors (Lipinski definition) is 2. The van der Waals surface area contributed by atoms with E-state index in [4.69, 9.17) is 0 Å². The molecule has 1 unspecified atom stereocenters. The number of rotatable bonds is 1. The molecule has 1 heterocycles. The van der Waals surface area contributed by atoms with Gasteiger partial charge in [0, 0.05) is 17.2 Å². The molecule has 2 aliphatic rings. The van der Waals surface area contributed by atoms with E-state index in [2.05, 4.69) is 5.32 Å². The second kappa shape index (κ2) is 3.84. The first-order valence-corrected chi connectivity index (χ1v) is 6.36. The predicted molar refractivity (Wildman–Crippen MR) is 65.5 cm³/mol. The van der Waals surface area contributed by atoms with E-state index >= 15 is 0 Å². The van der Waals surface area contributed by atoms with Crippen molar-refractivity contribution in [3.63, 3.8) is 0 Å². The third-order valence-electron chi connectivity index (χ3n) is 4.13. The summed E-state index contributed by atoms with van der Waals surface area (Å²) in [5.74, 6) is -0.175. The quantitative estimate of drug-likeness (QED) is 0.779. The van der Waals surface area contributed by atoms with Crippen LogP contribution in [0.1, 0.15) is 37.7 Å². The lowest BCUT2D eigenvalue weighted by molar-refractivity contribution is -0.141. The standard InChI is InChI=1S/C14H17NO2/c16-13-14(17,10-6-2-1-3-7-10)11-8-4-5-9-12(11)15-13/h4-5,8-10,17H,1-3,6-7H2,(H,15,16). The van der Waals surface area contributed by atoms with Gasteiger partial charge in [-0.2, -0.15) is 0 Å². The maximum absolute atomic E-state index is 12.1. The van der Waals surface area contributed by atoms with Crippen molar-refractivity contribution in [2.75, 3.05) is 5.32 Å². The average molecular weight is 231 g/mol. The summed E-state index contributed by atoms with van der Waals surface area (Å²) < 4.78 is 0. The van der Waals surface area contributed by atoms with E-state index in [0.29, 0.717) is 0 Å². The Labute approximate surface area is 101 Å². The van der Waals surface area contributed by atoms with Crippen molar-refractivity contribution in [3.8, 4) is 0 Å². The maximum atomic E-state index is 12.1. The summed E-state index contributed by atoms with van der Waals surface area (Å²) in [5.41, 5.74) is 0.235. The minimum Gasteiger partial charge on any atom is -0.375 e. The van der Waals surface area contributed by atoms with E-state index in [1.165, 1.54) is 6.42 Å². The van der Waals surface area contributed by atoms with Crippen molar-refractivity contribution in [3.05, 3.63) is 29.8 Å². The zero-order valence-electron chi connectivity index (χ0n) is 9.78. The van der Waals surface area contributed by atoms with E-state index in [-0.39, 0.29) is 11.8 Å². The Kier molecular flexibility index (Phi) is 2.44. The predicted octanol–water partition coefficient (Wildman–Crippen LogP) is 2.41. The Morgan fingerprint density at radius 3 is 2.65 bits per heavy atom. The minimum atomic E-state index is -1.29. The van der Waals surface area contributed by atoms with E-state index in [9.17, 15) is 9.90 Å². The molecule has 1 aromatic carbocycles. The first-order valence-electron chi connectivity index (χ1n) is 6.36. The average Bonchev–Trinajstić information content (AvgIpc) is 2.64. The molecular formula is C14H17NO2. The number of hydrogen-bond acceptors (Lipinski definition) is 2. The summed E-state index contributed by atoms with van der Waals surface area (Å²) in [6.07, 6.45) is 5.33. The van der Waals surface area contributed by atoms with Gasteiger partial charge in [0.15, 0.2) is 5.60 Å². The number of nitrogens with one attached hydrogen (secondary N) is 1. The molecular weight excluding hydrogens is 214 g/mol. The summed E-state index contributed by atoms with van der Waals surface area (Å²) in [6, 6.07) is 7.48. The van der Waals surface area contributed by atoms with Crippen molar-refractivity contribution in [1.29, 1.82) is 0 Å². The molecule has 90 valence electrons. The number of carbonyl (C=O) groups is 1. The summed E-state index contributed by atoms with van der Waals surface area (Å²) in [4.78, 5) is 12.1. The summed E-state index contributed by atoms with van der Waals surface area (Å²) in [5, 5.41) is 13.6. The van der Waals surface area contributed by atoms with Gasteiger partial charge in [-0.3, -0.25) is 4.79 Å². The Hall–Kier alpha value is -1.35. The van der Waals surface area contributed by atoms with Gasteiger partial charge in [-0.05, 0) is 18.9 Å². The molecule has 0 radical (unpaired) electrons. The molecule has 3 rings (SSSR count). The summed E-state index contributed by atoms with van der Waals surface area (Å²) in [6.45, 7) is 0. The lowest BCUT2D eigenvalue weighted by Gasteiger charge is -2.33. The largest absolute Gasteiger partial charge is 0.375 e. The fourth-order valence-corrected chi connectivity index (χ4v) is 3.19. The molecule has 0 bridgehead atoms. The molecule has 0 aromatic heterocycles. The minimum absolute atomic E-state index is 0.0694. The Morgan fingerprint density at radius 2 is 1.88 bits per heavy atom. The zero-order valence-corrected chi connectivity index (χ0v) is 9.78. The van der Waals surface area contributed by atoms with Crippen LogP contribution in [-0.2, 0) is 10.4 Å². The number of fused-ring (bicyclic) bond motifs is 1. The third kappa shape index (κ3) is 1.49. The van der Waals surface area contributed by atoms with Gasteiger partial charge >= 0.3 is 0 Å². The van der Waals surface area contributed by atoms with Gasteiger partial charge in [0.2, 0.25) is 0 Å². The number of para-hydroxylation sites is 1. The second-order valence-corrected chi connectivity index (χ2v) is 5.10. The molecule has 1 fully saturated rings. The molecule has 0 saturated heterocycles. The monoisotopic (exact) mass is 231 g/mol.